The summed E-state index contributed by atoms with van der Waals surface area (Å²) >= 11 is 0. The van der Waals surface area contributed by atoms with Crippen molar-refractivity contribution in [2.45, 2.75) is 50.0 Å². The first-order chi connectivity index (χ1) is 16.3. The summed E-state index contributed by atoms with van der Waals surface area (Å²) in [6.07, 6.45) is -1.51. The molecule has 2 aromatic rings. The van der Waals surface area contributed by atoms with E-state index in [1.807, 2.05) is 0 Å². The first kappa shape index (κ1) is 24.2. The Bertz CT molecular complexity index is 1060. The van der Waals surface area contributed by atoms with Crippen LogP contribution in [0.3, 0.4) is 0 Å². The van der Waals surface area contributed by atoms with Crippen molar-refractivity contribution in [2.24, 2.45) is 0 Å². The van der Waals surface area contributed by atoms with E-state index in [-0.39, 0.29) is 11.6 Å². The second-order valence-electron chi connectivity index (χ2n) is 8.96. The molecule has 0 radical (unpaired) electrons. The number of carbonyl (C=O) groups is 1. The lowest BCUT2D eigenvalue weighted by atomic mass is 9.88. The molecule has 2 saturated heterocycles. The standard InChI is InChI=1S/C26H27F3N2O3/c27-26(28,29)22-7-2-6-21(17-22)24(20-5-1-4-19(16-20)18-30)33-15-3-12-31-13-10-25(11-14-31)9-8-23(32)34-25/h1-2,4-7,16-17,24H,3,8-15H2. The molecular weight excluding hydrogens is 445 g/mol. The summed E-state index contributed by atoms with van der Waals surface area (Å²) in [4.78, 5) is 13.8. The average Bonchev–Trinajstić information content (AvgIpc) is 3.19. The quantitative estimate of drug-likeness (QED) is 0.407. The lowest BCUT2D eigenvalue weighted by molar-refractivity contribution is -0.152. The highest BCUT2D eigenvalue weighted by atomic mass is 19.4. The van der Waals surface area contributed by atoms with Gasteiger partial charge in [-0.05, 0) is 61.1 Å². The molecule has 1 atom stereocenters. The minimum absolute atomic E-state index is 0.108. The van der Waals surface area contributed by atoms with Gasteiger partial charge in [0.1, 0.15) is 11.7 Å². The molecule has 5 nitrogen and oxygen atoms in total. The number of ether oxygens (including phenoxy) is 2. The molecule has 2 fully saturated rings. The lowest BCUT2D eigenvalue weighted by Gasteiger charge is -2.38. The average molecular weight is 473 g/mol. The third-order valence-electron chi connectivity index (χ3n) is 6.62. The van der Waals surface area contributed by atoms with Gasteiger partial charge in [0.15, 0.2) is 0 Å². The Morgan fingerprint density at radius 3 is 2.44 bits per heavy atom. The first-order valence-electron chi connectivity index (χ1n) is 11.5. The summed E-state index contributed by atoms with van der Waals surface area (Å²) < 4.78 is 51.5. The Morgan fingerprint density at radius 2 is 1.79 bits per heavy atom. The molecule has 8 heteroatoms. The van der Waals surface area contributed by atoms with Gasteiger partial charge < -0.3 is 14.4 Å². The van der Waals surface area contributed by atoms with E-state index in [4.69, 9.17) is 9.47 Å². The molecule has 2 aromatic carbocycles. The Kier molecular flexibility index (Phi) is 7.24. The largest absolute Gasteiger partial charge is 0.459 e. The summed E-state index contributed by atoms with van der Waals surface area (Å²) in [6, 6.07) is 14.0. The number of hydrogen-bond acceptors (Lipinski definition) is 5. The van der Waals surface area contributed by atoms with Crippen LogP contribution < -0.4 is 0 Å². The predicted octanol–water partition coefficient (Wildman–Crippen LogP) is 5.24. The molecule has 4 rings (SSSR count). The summed E-state index contributed by atoms with van der Waals surface area (Å²) in [7, 11) is 0. The topological polar surface area (TPSA) is 62.6 Å². The van der Waals surface area contributed by atoms with Crippen LogP contribution in [0.15, 0.2) is 48.5 Å². The molecule has 1 spiro atoms. The van der Waals surface area contributed by atoms with E-state index < -0.39 is 17.8 Å². The van der Waals surface area contributed by atoms with Crippen molar-refractivity contribution in [3.8, 4) is 6.07 Å². The van der Waals surface area contributed by atoms with Crippen LogP contribution in [0.1, 0.15) is 60.5 Å². The van der Waals surface area contributed by atoms with E-state index in [2.05, 4.69) is 11.0 Å². The summed E-state index contributed by atoms with van der Waals surface area (Å²) in [6.45, 7) is 2.83. The van der Waals surface area contributed by atoms with Crippen LogP contribution in [0.4, 0.5) is 13.2 Å². The van der Waals surface area contributed by atoms with Crippen LogP contribution in [0.25, 0.3) is 0 Å². The van der Waals surface area contributed by atoms with Crippen molar-refractivity contribution < 1.29 is 27.4 Å². The highest BCUT2D eigenvalue weighted by Gasteiger charge is 2.42. The smallest absolute Gasteiger partial charge is 0.416 e. The Morgan fingerprint density at radius 1 is 1.09 bits per heavy atom. The van der Waals surface area contributed by atoms with E-state index in [1.165, 1.54) is 6.07 Å². The van der Waals surface area contributed by atoms with Gasteiger partial charge in [-0.25, -0.2) is 0 Å². The van der Waals surface area contributed by atoms with Crippen molar-refractivity contribution in [1.82, 2.24) is 4.90 Å². The Balaban J connectivity index is 1.39. The highest BCUT2D eigenvalue weighted by molar-refractivity contribution is 5.72. The van der Waals surface area contributed by atoms with Crippen LogP contribution in [0.2, 0.25) is 0 Å². The first-order valence-corrected chi connectivity index (χ1v) is 11.5. The van der Waals surface area contributed by atoms with Gasteiger partial charge in [-0.2, -0.15) is 18.4 Å². The number of likely N-dealkylation sites (tertiary alicyclic amines) is 1. The predicted molar refractivity (Wildman–Crippen MR) is 119 cm³/mol. The van der Waals surface area contributed by atoms with E-state index in [0.717, 1.165) is 51.0 Å². The molecule has 1 unspecified atom stereocenters. The van der Waals surface area contributed by atoms with Gasteiger partial charge in [-0.1, -0.05) is 24.3 Å². The summed E-state index contributed by atoms with van der Waals surface area (Å²) in [5.41, 5.74) is 0.441. The fourth-order valence-electron chi connectivity index (χ4n) is 4.73. The summed E-state index contributed by atoms with van der Waals surface area (Å²) in [5.74, 6) is -0.108. The van der Waals surface area contributed by atoms with E-state index in [0.29, 0.717) is 36.1 Å². The molecule has 34 heavy (non-hydrogen) atoms. The van der Waals surface area contributed by atoms with Crippen LogP contribution in [-0.2, 0) is 20.4 Å². The summed E-state index contributed by atoms with van der Waals surface area (Å²) in [5, 5.41) is 9.24. The lowest BCUT2D eigenvalue weighted by Crippen LogP contribution is -2.44. The van der Waals surface area contributed by atoms with Gasteiger partial charge in [0.05, 0.1) is 17.2 Å². The molecule has 180 valence electrons. The van der Waals surface area contributed by atoms with Crippen molar-refractivity contribution in [2.75, 3.05) is 26.2 Å². The van der Waals surface area contributed by atoms with Crippen LogP contribution >= 0.6 is 0 Å². The molecule has 2 aliphatic heterocycles. The van der Waals surface area contributed by atoms with Crippen LogP contribution in [0, 0.1) is 11.3 Å². The maximum absolute atomic E-state index is 13.3. The fourth-order valence-corrected chi connectivity index (χ4v) is 4.73. The SMILES string of the molecule is N#Cc1cccc(C(OCCCN2CCC3(CCC(=O)O3)CC2)c2cccc(C(F)(F)F)c2)c1. The molecule has 0 saturated carbocycles. The third kappa shape index (κ3) is 5.78. The Labute approximate surface area is 197 Å². The van der Waals surface area contributed by atoms with E-state index >= 15 is 0 Å². The number of nitrogens with zero attached hydrogens (tertiary/aromatic N) is 2. The number of piperidine rings is 1. The van der Waals surface area contributed by atoms with Gasteiger partial charge >= 0.3 is 12.1 Å². The number of nitriles is 1. The Hall–Kier alpha value is -2.89. The number of rotatable bonds is 7. The van der Waals surface area contributed by atoms with Crippen molar-refractivity contribution in [3.05, 3.63) is 70.8 Å². The molecule has 0 amide bonds. The maximum atomic E-state index is 13.3. The normalized spacial score (nSPS) is 19.1. The molecule has 2 heterocycles. The monoisotopic (exact) mass is 472 g/mol. The van der Waals surface area contributed by atoms with Gasteiger partial charge in [-0.15, -0.1) is 0 Å². The number of carbonyl (C=O) groups excluding carboxylic acids is 1. The van der Waals surface area contributed by atoms with E-state index in [1.54, 1.807) is 30.3 Å². The molecular formula is C26H27F3N2O3. The van der Waals surface area contributed by atoms with Gasteiger partial charge in [0.25, 0.3) is 0 Å². The van der Waals surface area contributed by atoms with Crippen molar-refractivity contribution in [3.63, 3.8) is 0 Å². The van der Waals surface area contributed by atoms with E-state index in [9.17, 15) is 23.2 Å². The van der Waals surface area contributed by atoms with Gasteiger partial charge in [-0.3, -0.25) is 4.79 Å². The van der Waals surface area contributed by atoms with Crippen molar-refractivity contribution in [1.29, 1.82) is 5.26 Å². The maximum Gasteiger partial charge on any atom is 0.416 e. The molecule has 0 N–H and O–H groups in total. The highest BCUT2D eigenvalue weighted by Crippen LogP contribution is 2.37. The van der Waals surface area contributed by atoms with Gasteiger partial charge in [0, 0.05) is 32.7 Å². The molecule has 0 bridgehead atoms. The minimum Gasteiger partial charge on any atom is -0.459 e. The zero-order valence-electron chi connectivity index (χ0n) is 18.8. The van der Waals surface area contributed by atoms with Gasteiger partial charge in [0.2, 0.25) is 0 Å². The molecule has 0 aliphatic carbocycles. The minimum atomic E-state index is -4.45. The molecule has 0 aromatic heterocycles. The number of benzene rings is 2. The fraction of sp³-hybridized carbons (Fsp3) is 0.462. The third-order valence-corrected chi connectivity index (χ3v) is 6.62. The zero-order chi connectivity index (χ0) is 24.2. The number of hydrogen-bond donors (Lipinski definition) is 0. The molecule has 2 aliphatic rings. The van der Waals surface area contributed by atoms with Crippen LogP contribution in [-0.4, -0.2) is 42.7 Å². The number of esters is 1. The number of alkyl halides is 3. The van der Waals surface area contributed by atoms with Crippen molar-refractivity contribution >= 4 is 5.97 Å². The number of halogens is 3. The second-order valence-corrected chi connectivity index (χ2v) is 8.96. The zero-order valence-corrected chi connectivity index (χ0v) is 18.8. The second kappa shape index (κ2) is 10.2. The van der Waals surface area contributed by atoms with Crippen LogP contribution in [0.5, 0.6) is 0 Å².